The Labute approximate surface area is 205 Å². The molecule has 0 aliphatic carbocycles. The van der Waals surface area contributed by atoms with Crippen molar-refractivity contribution in [3.05, 3.63) is 64.8 Å². The van der Waals surface area contributed by atoms with Crippen LogP contribution in [0.3, 0.4) is 0 Å². The third-order valence-corrected chi connectivity index (χ3v) is 6.32. The molecule has 0 spiro atoms. The molecular weight excluding hydrogens is 477 g/mol. The molecule has 4 heterocycles. The number of carbonyl (C=O) groups is 2. The highest BCUT2D eigenvalue weighted by Crippen LogP contribution is 2.37. The van der Waals surface area contributed by atoms with Crippen LogP contribution in [-0.2, 0) is 11.3 Å². The second-order valence-electron chi connectivity index (χ2n) is 8.40. The highest BCUT2D eigenvalue weighted by atomic mass is 35.5. The van der Waals surface area contributed by atoms with Crippen LogP contribution in [0.4, 0.5) is 10.2 Å². The van der Waals surface area contributed by atoms with Gasteiger partial charge in [0, 0.05) is 32.0 Å². The number of amides is 2. The molecule has 5 rings (SSSR count). The Morgan fingerprint density at radius 2 is 2.09 bits per heavy atom. The number of imidazole rings is 1. The van der Waals surface area contributed by atoms with Crippen molar-refractivity contribution in [3.63, 3.8) is 0 Å². The first-order chi connectivity index (χ1) is 17.0. The molecule has 3 aromatic rings. The Morgan fingerprint density at radius 1 is 1.23 bits per heavy atom. The number of hydrogen-bond acceptors (Lipinski definition) is 7. The number of ether oxygens (including phenoxy) is 1. The smallest absolute Gasteiger partial charge is 0.304 e. The van der Waals surface area contributed by atoms with Crippen LogP contribution in [0.15, 0.2) is 42.6 Å². The van der Waals surface area contributed by atoms with Gasteiger partial charge < -0.3 is 14.7 Å². The van der Waals surface area contributed by atoms with E-state index >= 15 is 0 Å². The highest BCUT2D eigenvalue weighted by molar-refractivity contribution is 6.30. The lowest BCUT2D eigenvalue weighted by Gasteiger charge is -2.24. The van der Waals surface area contributed by atoms with E-state index in [0.717, 1.165) is 6.42 Å². The zero-order chi connectivity index (χ0) is 24.5. The topological polar surface area (TPSA) is 101 Å². The SMILES string of the molecule is O=C1c2c(nc(Oc3cccc(F)c3)n2Cc2ccc(Cl)cn2)N2CCCC2C(=O)N1CCCO. The maximum atomic E-state index is 13.8. The van der Waals surface area contributed by atoms with Crippen LogP contribution in [-0.4, -0.2) is 62.1 Å². The van der Waals surface area contributed by atoms with Gasteiger partial charge in [-0.3, -0.25) is 24.0 Å². The molecule has 2 aromatic heterocycles. The van der Waals surface area contributed by atoms with Gasteiger partial charge in [0.1, 0.15) is 17.6 Å². The summed E-state index contributed by atoms with van der Waals surface area (Å²) in [6.45, 7) is 0.596. The molecule has 182 valence electrons. The van der Waals surface area contributed by atoms with Gasteiger partial charge in [-0.1, -0.05) is 17.7 Å². The molecule has 35 heavy (non-hydrogen) atoms. The minimum atomic E-state index is -0.530. The molecule has 1 fully saturated rings. The van der Waals surface area contributed by atoms with Gasteiger partial charge in [0.15, 0.2) is 11.5 Å². The molecule has 2 aliphatic rings. The van der Waals surface area contributed by atoms with Crippen LogP contribution >= 0.6 is 11.6 Å². The molecule has 11 heteroatoms. The first kappa shape index (κ1) is 23.3. The van der Waals surface area contributed by atoms with Crippen LogP contribution in [0.25, 0.3) is 0 Å². The van der Waals surface area contributed by atoms with E-state index in [9.17, 15) is 19.1 Å². The number of benzene rings is 1. The number of aromatic nitrogens is 3. The molecule has 1 N–H and O–H groups in total. The summed E-state index contributed by atoms with van der Waals surface area (Å²) in [5.41, 5.74) is 0.769. The van der Waals surface area contributed by atoms with Crippen molar-refractivity contribution in [2.75, 3.05) is 24.6 Å². The van der Waals surface area contributed by atoms with Gasteiger partial charge in [-0.2, -0.15) is 4.98 Å². The van der Waals surface area contributed by atoms with Gasteiger partial charge in [-0.15, -0.1) is 0 Å². The summed E-state index contributed by atoms with van der Waals surface area (Å²) < 4.78 is 21.3. The molecule has 1 unspecified atom stereocenters. The van der Waals surface area contributed by atoms with Gasteiger partial charge in [-0.25, -0.2) is 4.39 Å². The number of anilines is 1. The van der Waals surface area contributed by atoms with E-state index in [0.29, 0.717) is 29.5 Å². The Hall–Kier alpha value is -3.50. The number of halogens is 2. The third-order valence-electron chi connectivity index (χ3n) is 6.09. The molecule has 9 nitrogen and oxygen atoms in total. The number of carbonyl (C=O) groups excluding carboxylic acids is 2. The first-order valence-corrected chi connectivity index (χ1v) is 11.7. The van der Waals surface area contributed by atoms with Crippen molar-refractivity contribution in [2.45, 2.75) is 31.8 Å². The number of aliphatic hydroxyl groups excluding tert-OH is 1. The van der Waals surface area contributed by atoms with E-state index in [1.807, 2.05) is 4.90 Å². The number of fused-ring (bicyclic) bond motifs is 3. The number of rotatable bonds is 7. The third kappa shape index (κ3) is 4.46. The fourth-order valence-corrected chi connectivity index (χ4v) is 4.59. The lowest BCUT2D eigenvalue weighted by Crippen LogP contribution is -2.46. The lowest BCUT2D eigenvalue weighted by molar-refractivity contribution is -0.129. The van der Waals surface area contributed by atoms with Crippen LogP contribution in [0.1, 0.15) is 35.4 Å². The zero-order valence-corrected chi connectivity index (χ0v) is 19.5. The summed E-state index contributed by atoms with van der Waals surface area (Å²) in [5.74, 6) is -0.740. The molecule has 2 amide bonds. The maximum absolute atomic E-state index is 13.8. The Balaban J connectivity index is 1.65. The van der Waals surface area contributed by atoms with Crippen molar-refractivity contribution in [1.29, 1.82) is 0 Å². The second kappa shape index (κ2) is 9.63. The summed E-state index contributed by atoms with van der Waals surface area (Å²) in [4.78, 5) is 39.0. The molecule has 1 atom stereocenters. The zero-order valence-electron chi connectivity index (χ0n) is 18.7. The molecule has 1 saturated heterocycles. The van der Waals surface area contributed by atoms with E-state index in [1.54, 1.807) is 22.8 Å². The normalized spacial score (nSPS) is 17.4. The van der Waals surface area contributed by atoms with Crippen molar-refractivity contribution in [3.8, 4) is 11.8 Å². The van der Waals surface area contributed by atoms with Gasteiger partial charge in [0.05, 0.1) is 17.3 Å². The number of hydrogen-bond donors (Lipinski definition) is 1. The first-order valence-electron chi connectivity index (χ1n) is 11.3. The maximum Gasteiger partial charge on any atom is 0.304 e. The minimum Gasteiger partial charge on any atom is -0.425 e. The van der Waals surface area contributed by atoms with Crippen molar-refractivity contribution in [2.24, 2.45) is 0 Å². The standard InChI is InChI=1S/C24H23ClFN5O4/c25-15-7-8-17(27-13-15)14-31-20-21(28-24(31)35-18-5-1-4-16(26)12-18)29-9-2-6-19(29)22(33)30(23(20)34)10-3-11-32/h1,4-5,7-8,12-13,19,32H,2-3,6,9-11,14H2. The van der Waals surface area contributed by atoms with Crippen LogP contribution < -0.4 is 9.64 Å². The van der Waals surface area contributed by atoms with E-state index in [4.69, 9.17) is 16.3 Å². The van der Waals surface area contributed by atoms with E-state index < -0.39 is 17.8 Å². The fourth-order valence-electron chi connectivity index (χ4n) is 4.48. The number of pyridine rings is 1. The predicted molar refractivity (Wildman–Crippen MR) is 125 cm³/mol. The van der Waals surface area contributed by atoms with Gasteiger partial charge in [0.25, 0.3) is 11.8 Å². The van der Waals surface area contributed by atoms with Crippen molar-refractivity contribution < 1.29 is 23.8 Å². The summed E-state index contributed by atoms with van der Waals surface area (Å²) >= 11 is 5.98. The largest absolute Gasteiger partial charge is 0.425 e. The summed E-state index contributed by atoms with van der Waals surface area (Å²) in [5, 5.41) is 9.80. The summed E-state index contributed by atoms with van der Waals surface area (Å²) in [6.07, 6.45) is 3.12. The molecular formula is C24H23ClFN5O4. The molecule has 2 aliphatic heterocycles. The summed E-state index contributed by atoms with van der Waals surface area (Å²) in [7, 11) is 0. The summed E-state index contributed by atoms with van der Waals surface area (Å²) in [6, 6.07) is 8.58. The Morgan fingerprint density at radius 3 is 2.83 bits per heavy atom. The quantitative estimate of drug-likeness (QED) is 0.498. The van der Waals surface area contributed by atoms with Crippen molar-refractivity contribution >= 4 is 29.2 Å². The van der Waals surface area contributed by atoms with Crippen LogP contribution in [0.5, 0.6) is 11.8 Å². The molecule has 0 radical (unpaired) electrons. The molecule has 1 aromatic carbocycles. The highest BCUT2D eigenvalue weighted by Gasteiger charge is 2.45. The number of aliphatic hydroxyl groups is 1. The van der Waals surface area contributed by atoms with Gasteiger partial charge in [0.2, 0.25) is 0 Å². The average Bonchev–Trinajstić information content (AvgIpc) is 3.44. The number of imide groups is 1. The fraction of sp³-hybridized carbons (Fsp3) is 0.333. The van der Waals surface area contributed by atoms with E-state index in [-0.39, 0.29) is 49.5 Å². The van der Waals surface area contributed by atoms with E-state index in [2.05, 4.69) is 9.97 Å². The number of nitrogens with zero attached hydrogens (tertiary/aromatic N) is 5. The van der Waals surface area contributed by atoms with Gasteiger partial charge in [-0.05, 0) is 43.5 Å². The molecule has 0 saturated carbocycles. The average molecular weight is 500 g/mol. The lowest BCUT2D eigenvalue weighted by atomic mass is 10.2. The Kier molecular flexibility index (Phi) is 6.40. The Bertz CT molecular complexity index is 1270. The van der Waals surface area contributed by atoms with Crippen molar-refractivity contribution in [1.82, 2.24) is 19.4 Å². The van der Waals surface area contributed by atoms with Gasteiger partial charge >= 0.3 is 6.01 Å². The van der Waals surface area contributed by atoms with Crippen LogP contribution in [0.2, 0.25) is 5.02 Å². The molecule has 0 bridgehead atoms. The minimum absolute atomic E-state index is 0.0767. The predicted octanol–water partition coefficient (Wildman–Crippen LogP) is 3.24. The monoisotopic (exact) mass is 499 g/mol. The van der Waals surface area contributed by atoms with E-state index in [1.165, 1.54) is 29.3 Å². The van der Waals surface area contributed by atoms with Crippen LogP contribution in [0, 0.1) is 5.82 Å². The second-order valence-corrected chi connectivity index (χ2v) is 8.84.